The maximum atomic E-state index is 13.6. The number of anilines is 1. The van der Waals surface area contributed by atoms with E-state index in [9.17, 15) is 8.78 Å². The second kappa shape index (κ2) is 4.80. The Morgan fingerprint density at radius 3 is 2.67 bits per heavy atom. The van der Waals surface area contributed by atoms with Gasteiger partial charge in [0.25, 0.3) is 0 Å². The van der Waals surface area contributed by atoms with Gasteiger partial charge in [0.1, 0.15) is 11.6 Å². The van der Waals surface area contributed by atoms with Crippen LogP contribution in [0.1, 0.15) is 25.7 Å². The number of hydrogen-bond acceptors (Lipinski definition) is 1. The van der Waals surface area contributed by atoms with Crippen molar-refractivity contribution < 1.29 is 8.78 Å². The molecule has 1 aromatic rings. The van der Waals surface area contributed by atoms with Gasteiger partial charge < -0.3 is 5.32 Å². The normalized spacial score (nSPS) is 29.8. The van der Waals surface area contributed by atoms with E-state index in [1.54, 1.807) is 0 Å². The van der Waals surface area contributed by atoms with Crippen LogP contribution in [0.5, 0.6) is 0 Å². The van der Waals surface area contributed by atoms with Crippen LogP contribution in [0.2, 0.25) is 0 Å². The molecule has 3 atom stereocenters. The van der Waals surface area contributed by atoms with Gasteiger partial charge in [-0.25, -0.2) is 8.78 Å². The number of fused-ring (bicyclic) bond motifs is 2. The lowest BCUT2D eigenvalue weighted by Gasteiger charge is -2.22. The smallest absolute Gasteiger partial charge is 0.147 e. The van der Waals surface area contributed by atoms with E-state index < -0.39 is 11.6 Å². The van der Waals surface area contributed by atoms with Crippen molar-refractivity contribution in [1.82, 2.24) is 0 Å². The van der Waals surface area contributed by atoms with Crippen LogP contribution in [0.15, 0.2) is 16.6 Å². The van der Waals surface area contributed by atoms with Crippen LogP contribution < -0.4 is 5.32 Å². The average Bonchev–Trinajstić information content (AvgIpc) is 2.94. The van der Waals surface area contributed by atoms with E-state index in [2.05, 4.69) is 21.2 Å². The summed E-state index contributed by atoms with van der Waals surface area (Å²) in [6, 6.07) is 2.41. The van der Waals surface area contributed by atoms with Crippen LogP contribution in [0, 0.1) is 29.4 Å². The third-order valence-corrected chi connectivity index (χ3v) is 5.06. The van der Waals surface area contributed by atoms with E-state index in [1.807, 2.05) is 0 Å². The molecule has 18 heavy (non-hydrogen) atoms. The summed E-state index contributed by atoms with van der Waals surface area (Å²) in [5.41, 5.74) is 0.276. The standard InChI is InChI=1S/C14H16BrF2N/c15-11-5-13(17)14(6-12(11)16)18-7-10-4-8-1-2-9(10)3-8/h5-6,8-10,18H,1-4,7H2. The number of hydrogen-bond donors (Lipinski definition) is 1. The molecular formula is C14H16BrF2N. The Bertz CT molecular complexity index is 463. The van der Waals surface area contributed by atoms with Gasteiger partial charge in [0, 0.05) is 12.6 Å². The second-order valence-corrected chi connectivity index (χ2v) is 6.42. The Kier molecular flexibility index (Phi) is 3.31. The Morgan fingerprint density at radius 1 is 1.17 bits per heavy atom. The van der Waals surface area contributed by atoms with Crippen LogP contribution in [0.4, 0.5) is 14.5 Å². The topological polar surface area (TPSA) is 12.0 Å². The first-order valence-corrected chi connectivity index (χ1v) is 7.31. The van der Waals surface area contributed by atoms with E-state index in [0.717, 1.165) is 18.4 Å². The molecule has 1 aromatic carbocycles. The van der Waals surface area contributed by atoms with Crippen molar-refractivity contribution in [3.8, 4) is 0 Å². The van der Waals surface area contributed by atoms with Gasteiger partial charge in [-0.1, -0.05) is 6.42 Å². The lowest BCUT2D eigenvalue weighted by Crippen LogP contribution is -2.20. The SMILES string of the molecule is Fc1cc(NCC2CC3CCC2C3)c(F)cc1Br. The van der Waals surface area contributed by atoms with Crippen molar-refractivity contribution in [2.45, 2.75) is 25.7 Å². The quantitative estimate of drug-likeness (QED) is 0.805. The van der Waals surface area contributed by atoms with E-state index in [1.165, 1.54) is 37.8 Å². The number of halogens is 3. The summed E-state index contributed by atoms with van der Waals surface area (Å²) in [4.78, 5) is 0. The van der Waals surface area contributed by atoms with Crippen molar-refractivity contribution in [3.63, 3.8) is 0 Å². The molecule has 2 bridgehead atoms. The molecule has 1 N–H and O–H groups in total. The lowest BCUT2D eigenvalue weighted by molar-refractivity contribution is 0.348. The Hall–Kier alpha value is -0.640. The monoisotopic (exact) mass is 315 g/mol. The molecule has 0 saturated heterocycles. The first-order chi connectivity index (χ1) is 8.63. The zero-order valence-electron chi connectivity index (χ0n) is 10.1. The first kappa shape index (κ1) is 12.4. The van der Waals surface area contributed by atoms with E-state index in [-0.39, 0.29) is 10.2 Å². The van der Waals surface area contributed by atoms with Gasteiger partial charge in [0.15, 0.2) is 0 Å². The number of rotatable bonds is 3. The van der Waals surface area contributed by atoms with Gasteiger partial charge in [0.05, 0.1) is 10.2 Å². The average molecular weight is 316 g/mol. The summed E-state index contributed by atoms with van der Waals surface area (Å²) in [6.45, 7) is 0.763. The van der Waals surface area contributed by atoms with Gasteiger partial charge in [-0.15, -0.1) is 0 Å². The predicted octanol–water partition coefficient (Wildman–Crippen LogP) is 4.58. The highest BCUT2D eigenvalue weighted by atomic mass is 79.9. The highest BCUT2D eigenvalue weighted by molar-refractivity contribution is 9.10. The summed E-state index contributed by atoms with van der Waals surface area (Å²) in [5.74, 6) is 1.49. The molecule has 2 saturated carbocycles. The fourth-order valence-corrected chi connectivity index (χ4v) is 3.84. The summed E-state index contributed by atoms with van der Waals surface area (Å²) in [6.07, 6.45) is 5.26. The maximum absolute atomic E-state index is 13.6. The van der Waals surface area contributed by atoms with Crippen molar-refractivity contribution in [1.29, 1.82) is 0 Å². The van der Waals surface area contributed by atoms with Crippen molar-refractivity contribution in [2.24, 2.45) is 17.8 Å². The minimum atomic E-state index is -0.424. The minimum absolute atomic E-state index is 0.172. The molecule has 2 aliphatic rings. The van der Waals surface area contributed by atoms with Crippen LogP contribution in [-0.4, -0.2) is 6.54 Å². The molecule has 2 aliphatic carbocycles. The fourth-order valence-electron chi connectivity index (χ4n) is 3.53. The van der Waals surface area contributed by atoms with Crippen LogP contribution in [0.25, 0.3) is 0 Å². The van der Waals surface area contributed by atoms with Gasteiger partial charge in [0.2, 0.25) is 0 Å². The molecule has 0 heterocycles. The largest absolute Gasteiger partial charge is 0.382 e. The molecule has 3 rings (SSSR count). The predicted molar refractivity (Wildman–Crippen MR) is 71.5 cm³/mol. The highest BCUT2D eigenvalue weighted by Gasteiger charge is 2.39. The zero-order chi connectivity index (χ0) is 12.7. The molecule has 1 nitrogen and oxygen atoms in total. The van der Waals surface area contributed by atoms with Crippen LogP contribution >= 0.6 is 15.9 Å². The molecule has 0 spiro atoms. The molecule has 0 aromatic heterocycles. The van der Waals surface area contributed by atoms with Crippen LogP contribution in [0.3, 0.4) is 0 Å². The fraction of sp³-hybridized carbons (Fsp3) is 0.571. The highest BCUT2D eigenvalue weighted by Crippen LogP contribution is 2.48. The van der Waals surface area contributed by atoms with Gasteiger partial charge in [-0.2, -0.15) is 0 Å². The van der Waals surface area contributed by atoms with Crippen LogP contribution in [-0.2, 0) is 0 Å². The number of benzene rings is 1. The molecule has 2 fully saturated rings. The molecule has 0 aliphatic heterocycles. The van der Waals surface area contributed by atoms with E-state index in [0.29, 0.717) is 5.92 Å². The molecule has 0 amide bonds. The minimum Gasteiger partial charge on any atom is -0.382 e. The first-order valence-electron chi connectivity index (χ1n) is 6.52. The summed E-state index contributed by atoms with van der Waals surface area (Å²) in [5, 5.41) is 3.07. The Labute approximate surface area is 114 Å². The van der Waals surface area contributed by atoms with Crippen molar-refractivity contribution in [2.75, 3.05) is 11.9 Å². The number of nitrogens with one attached hydrogen (secondary N) is 1. The van der Waals surface area contributed by atoms with Crippen molar-refractivity contribution >= 4 is 21.6 Å². The second-order valence-electron chi connectivity index (χ2n) is 5.56. The van der Waals surface area contributed by atoms with E-state index >= 15 is 0 Å². The molecule has 98 valence electrons. The summed E-state index contributed by atoms with van der Waals surface area (Å²) < 4.78 is 27.2. The third kappa shape index (κ3) is 2.27. The third-order valence-electron chi connectivity index (χ3n) is 4.45. The zero-order valence-corrected chi connectivity index (χ0v) is 11.6. The Morgan fingerprint density at radius 2 is 2.00 bits per heavy atom. The molecular weight excluding hydrogens is 300 g/mol. The van der Waals surface area contributed by atoms with E-state index in [4.69, 9.17) is 0 Å². The maximum Gasteiger partial charge on any atom is 0.147 e. The summed E-state index contributed by atoms with van der Waals surface area (Å²) in [7, 11) is 0. The molecule has 0 radical (unpaired) electrons. The van der Waals surface area contributed by atoms with Gasteiger partial charge >= 0.3 is 0 Å². The lowest BCUT2D eigenvalue weighted by atomic mass is 9.89. The van der Waals surface area contributed by atoms with Gasteiger partial charge in [-0.3, -0.25) is 0 Å². The van der Waals surface area contributed by atoms with Gasteiger partial charge in [-0.05, 0) is 59.0 Å². The molecule has 3 unspecified atom stereocenters. The molecule has 4 heteroatoms. The Balaban J connectivity index is 1.65. The van der Waals surface area contributed by atoms with Crippen molar-refractivity contribution in [3.05, 3.63) is 28.2 Å². The summed E-state index contributed by atoms with van der Waals surface area (Å²) >= 11 is 2.98.